The van der Waals surface area contributed by atoms with Crippen molar-refractivity contribution in [3.63, 3.8) is 0 Å². The summed E-state index contributed by atoms with van der Waals surface area (Å²) in [6, 6.07) is 5.45. The molecular weight excluding hydrogens is 286 g/mol. The highest BCUT2D eigenvalue weighted by atomic mass is 32.2. The molecule has 1 aromatic carbocycles. The molecule has 0 radical (unpaired) electrons. The summed E-state index contributed by atoms with van der Waals surface area (Å²) in [5.41, 5.74) is 1.61. The number of amides is 1. The van der Waals surface area contributed by atoms with Gasteiger partial charge in [0.25, 0.3) is 5.24 Å². The number of anilines is 1. The highest BCUT2D eigenvalue weighted by molar-refractivity contribution is 8.13. The lowest BCUT2D eigenvalue weighted by Crippen LogP contribution is -2.08. The Morgan fingerprint density at radius 1 is 1.33 bits per heavy atom. The molecule has 4 nitrogen and oxygen atoms in total. The predicted molar refractivity (Wildman–Crippen MR) is 86.6 cm³/mol. The van der Waals surface area contributed by atoms with Crippen LogP contribution < -0.4 is 10.1 Å². The van der Waals surface area contributed by atoms with E-state index in [0.29, 0.717) is 35.8 Å². The number of ether oxygens (including phenoxy) is 1. The first kappa shape index (κ1) is 15.4. The van der Waals surface area contributed by atoms with Crippen molar-refractivity contribution >= 4 is 34.5 Å². The second kappa shape index (κ2) is 7.13. The van der Waals surface area contributed by atoms with Crippen LogP contribution in [-0.2, 0) is 4.79 Å². The van der Waals surface area contributed by atoms with Crippen LogP contribution >= 0.6 is 11.8 Å². The lowest BCUT2D eigenvalue weighted by molar-refractivity contribution is -0.118. The number of ketones is 1. The van der Waals surface area contributed by atoms with Crippen LogP contribution in [0.1, 0.15) is 25.3 Å². The average Bonchev–Trinajstić information content (AvgIpc) is 2.46. The van der Waals surface area contributed by atoms with E-state index in [1.54, 1.807) is 12.1 Å². The van der Waals surface area contributed by atoms with Crippen LogP contribution in [0.15, 0.2) is 36.6 Å². The number of fused-ring (bicyclic) bond motifs is 1. The minimum atomic E-state index is -0.177. The number of thioether (sulfide) groups is 1. The quantitative estimate of drug-likeness (QED) is 0.884. The lowest BCUT2D eigenvalue weighted by Gasteiger charge is -2.15. The summed E-state index contributed by atoms with van der Waals surface area (Å²) in [7, 11) is 0. The average molecular weight is 303 g/mol. The third-order valence-corrected chi connectivity index (χ3v) is 3.73. The zero-order valence-corrected chi connectivity index (χ0v) is 12.7. The van der Waals surface area contributed by atoms with Gasteiger partial charge in [0.05, 0.1) is 0 Å². The third kappa shape index (κ3) is 4.49. The van der Waals surface area contributed by atoms with E-state index in [0.717, 1.165) is 17.3 Å². The van der Waals surface area contributed by atoms with Gasteiger partial charge in [-0.3, -0.25) is 9.59 Å². The van der Waals surface area contributed by atoms with Crippen molar-refractivity contribution < 1.29 is 14.3 Å². The summed E-state index contributed by atoms with van der Waals surface area (Å²) in [5.74, 6) is 1.91. The third-order valence-electron chi connectivity index (χ3n) is 2.96. The normalized spacial score (nSPS) is 12.5. The first-order chi connectivity index (χ1) is 10.1. The number of nitrogens with one attached hydrogen (secondary N) is 1. The Hall–Kier alpha value is -2.01. The molecule has 0 fully saturated rings. The Balaban J connectivity index is 1.90. The van der Waals surface area contributed by atoms with Gasteiger partial charge in [0.2, 0.25) is 0 Å². The number of hydrogen-bond donors (Lipinski definition) is 1. The largest absolute Gasteiger partial charge is 0.457 e. The number of carbonyl (C=O) groups is 2. The van der Waals surface area contributed by atoms with Crippen molar-refractivity contribution in [2.75, 3.05) is 11.1 Å². The highest BCUT2D eigenvalue weighted by Gasteiger charge is 2.11. The maximum absolute atomic E-state index is 11.8. The maximum Gasteiger partial charge on any atom is 0.283 e. The van der Waals surface area contributed by atoms with Gasteiger partial charge in [-0.2, -0.15) is 0 Å². The predicted octanol–water partition coefficient (Wildman–Crippen LogP) is 4.24. The Kier molecular flexibility index (Phi) is 5.22. The van der Waals surface area contributed by atoms with Crippen molar-refractivity contribution in [3.8, 4) is 5.75 Å². The van der Waals surface area contributed by atoms with Gasteiger partial charge < -0.3 is 10.1 Å². The van der Waals surface area contributed by atoms with E-state index in [1.807, 2.05) is 25.1 Å². The molecule has 1 heterocycles. The number of carbonyl (C=O) groups excluding carboxylic acids is 2. The van der Waals surface area contributed by atoms with Crippen LogP contribution in [0.5, 0.6) is 5.75 Å². The maximum atomic E-state index is 11.8. The molecule has 1 amide bonds. The molecule has 0 aliphatic carbocycles. The molecule has 1 N–H and O–H groups in total. The second-order valence-corrected chi connectivity index (χ2v) is 5.63. The fourth-order valence-corrected chi connectivity index (χ4v) is 2.49. The summed E-state index contributed by atoms with van der Waals surface area (Å²) < 4.78 is 5.50. The van der Waals surface area contributed by atoms with Crippen molar-refractivity contribution in [2.24, 2.45) is 0 Å². The van der Waals surface area contributed by atoms with Crippen LogP contribution in [0.3, 0.4) is 0 Å². The molecule has 2 rings (SSSR count). The molecule has 0 saturated carbocycles. The fraction of sp³-hybridized carbons (Fsp3) is 0.250. The van der Waals surface area contributed by atoms with Gasteiger partial charge >= 0.3 is 0 Å². The minimum absolute atomic E-state index is 0.169. The van der Waals surface area contributed by atoms with Gasteiger partial charge in [-0.1, -0.05) is 25.3 Å². The summed E-state index contributed by atoms with van der Waals surface area (Å²) in [6.45, 7) is 5.56. The summed E-state index contributed by atoms with van der Waals surface area (Å²) in [5, 5.41) is 2.60. The monoisotopic (exact) mass is 303 g/mol. The van der Waals surface area contributed by atoms with Crippen molar-refractivity contribution in [2.45, 2.75) is 19.8 Å². The molecular formula is C16H17NO3S. The van der Waals surface area contributed by atoms with Gasteiger partial charge in [0, 0.05) is 35.9 Å². The standard InChI is InChI=1S/C16H17NO3S/c1-3-14(18)8-9-21-16(19)17-13-7-6-12-5-4-11(2)20-15(12)10-13/h4-7,10H,2-3,8-9H2,1H3,(H,17,19). The van der Waals surface area contributed by atoms with E-state index in [9.17, 15) is 9.59 Å². The molecule has 5 heteroatoms. The summed E-state index contributed by atoms with van der Waals surface area (Å²) in [4.78, 5) is 22.9. The molecule has 0 bridgehead atoms. The molecule has 0 saturated heterocycles. The van der Waals surface area contributed by atoms with Crippen LogP contribution in [0.2, 0.25) is 0 Å². The van der Waals surface area contributed by atoms with Crippen molar-refractivity contribution in [1.82, 2.24) is 0 Å². The Morgan fingerprint density at radius 3 is 2.90 bits per heavy atom. The first-order valence-corrected chi connectivity index (χ1v) is 7.71. The summed E-state index contributed by atoms with van der Waals surface area (Å²) >= 11 is 1.11. The van der Waals surface area contributed by atoms with Crippen LogP contribution in [-0.4, -0.2) is 16.8 Å². The van der Waals surface area contributed by atoms with Gasteiger partial charge in [-0.25, -0.2) is 0 Å². The Morgan fingerprint density at radius 2 is 2.14 bits per heavy atom. The minimum Gasteiger partial charge on any atom is -0.457 e. The molecule has 0 unspecified atom stereocenters. The van der Waals surface area contributed by atoms with E-state index in [2.05, 4.69) is 11.9 Å². The summed E-state index contributed by atoms with van der Waals surface area (Å²) in [6.07, 6.45) is 4.65. The van der Waals surface area contributed by atoms with Gasteiger partial charge in [0.15, 0.2) is 0 Å². The number of hydrogen-bond acceptors (Lipinski definition) is 4. The zero-order chi connectivity index (χ0) is 15.2. The topological polar surface area (TPSA) is 55.4 Å². The zero-order valence-electron chi connectivity index (χ0n) is 11.8. The van der Waals surface area contributed by atoms with Gasteiger partial charge in [0.1, 0.15) is 17.3 Å². The number of benzene rings is 1. The van der Waals surface area contributed by atoms with E-state index in [4.69, 9.17) is 4.74 Å². The van der Waals surface area contributed by atoms with Gasteiger partial charge in [-0.05, 0) is 24.3 Å². The number of rotatable bonds is 5. The SMILES string of the molecule is C=C1C=Cc2ccc(NC(=O)SCCC(=O)CC)cc2O1. The molecule has 0 atom stereocenters. The first-order valence-electron chi connectivity index (χ1n) is 6.73. The number of Topliss-reactive ketones (excluding diaryl/α,β-unsaturated/α-hetero) is 1. The van der Waals surface area contributed by atoms with E-state index in [1.165, 1.54) is 0 Å². The Bertz CT molecular complexity index is 608. The molecule has 1 aliphatic rings. The molecule has 0 spiro atoms. The molecule has 0 aromatic heterocycles. The Labute approximate surface area is 128 Å². The number of allylic oxidation sites excluding steroid dienone is 1. The highest BCUT2D eigenvalue weighted by Crippen LogP contribution is 2.30. The lowest BCUT2D eigenvalue weighted by atomic mass is 10.1. The van der Waals surface area contributed by atoms with Crippen LogP contribution in [0.4, 0.5) is 10.5 Å². The van der Waals surface area contributed by atoms with Crippen LogP contribution in [0, 0.1) is 0 Å². The van der Waals surface area contributed by atoms with E-state index >= 15 is 0 Å². The molecule has 1 aromatic rings. The molecule has 21 heavy (non-hydrogen) atoms. The van der Waals surface area contributed by atoms with Crippen molar-refractivity contribution in [1.29, 1.82) is 0 Å². The van der Waals surface area contributed by atoms with Gasteiger partial charge in [-0.15, -0.1) is 0 Å². The van der Waals surface area contributed by atoms with E-state index < -0.39 is 0 Å². The fourth-order valence-electron chi connectivity index (χ4n) is 1.78. The van der Waals surface area contributed by atoms with Crippen LogP contribution in [0.25, 0.3) is 6.08 Å². The van der Waals surface area contributed by atoms with Crippen molar-refractivity contribution in [3.05, 3.63) is 42.2 Å². The molecule has 110 valence electrons. The van der Waals surface area contributed by atoms with E-state index in [-0.39, 0.29) is 11.0 Å². The smallest absolute Gasteiger partial charge is 0.283 e. The molecule has 1 aliphatic heterocycles. The second-order valence-electron chi connectivity index (χ2n) is 4.56.